The third-order valence-corrected chi connectivity index (χ3v) is 1.61. The number of fused-ring (bicyclic) bond motifs is 1. The molecule has 0 aromatic carbocycles. The maximum Gasteiger partial charge on any atom is 0.0986 e. The molecule has 10 heavy (non-hydrogen) atoms. The highest BCUT2D eigenvalue weighted by atomic mass is 14.9. The summed E-state index contributed by atoms with van der Waals surface area (Å²) < 4.78 is 2.05. The highest BCUT2D eigenvalue weighted by Gasteiger charge is 1.93. The molecule has 0 saturated heterocycles. The van der Waals surface area contributed by atoms with Crippen LogP contribution in [0.4, 0.5) is 0 Å². The van der Waals surface area contributed by atoms with Crippen LogP contribution in [0.5, 0.6) is 0 Å². The summed E-state index contributed by atoms with van der Waals surface area (Å²) in [5.41, 5.74) is 1.18. The number of rotatable bonds is 0. The van der Waals surface area contributed by atoms with Crippen molar-refractivity contribution < 1.29 is 0 Å². The quantitative estimate of drug-likeness (QED) is 0.528. The molecule has 0 N–H and O–H groups in total. The molecule has 0 fully saturated rings. The summed E-state index contributed by atoms with van der Waals surface area (Å²) in [6.07, 6.45) is 6.66. The van der Waals surface area contributed by atoms with Gasteiger partial charge in [0.05, 0.1) is 11.7 Å². The van der Waals surface area contributed by atoms with Crippen LogP contribution < -0.4 is 0 Å². The van der Waals surface area contributed by atoms with E-state index in [1.54, 1.807) is 6.20 Å². The first-order valence-corrected chi connectivity index (χ1v) is 3.15. The predicted octanol–water partition coefficient (Wildman–Crippen LogP) is 1.37. The number of aromatic nitrogens is 2. The third kappa shape index (κ3) is 0.620. The molecule has 2 aromatic heterocycles. The molecule has 0 aliphatic rings. The Hall–Kier alpha value is -1.31. The SMILES string of the molecule is Cn1ccc2[c]nccc21. The Balaban J connectivity index is 2.93. The van der Waals surface area contributed by atoms with E-state index in [4.69, 9.17) is 0 Å². The van der Waals surface area contributed by atoms with E-state index in [1.807, 2.05) is 29.9 Å². The van der Waals surface area contributed by atoms with E-state index >= 15 is 0 Å². The molecule has 2 rings (SSSR count). The summed E-state index contributed by atoms with van der Waals surface area (Å²) in [6.45, 7) is 0. The topological polar surface area (TPSA) is 17.8 Å². The van der Waals surface area contributed by atoms with Crippen LogP contribution in [-0.2, 0) is 7.05 Å². The van der Waals surface area contributed by atoms with E-state index in [1.165, 1.54) is 5.52 Å². The van der Waals surface area contributed by atoms with Gasteiger partial charge in [-0.2, -0.15) is 0 Å². The van der Waals surface area contributed by atoms with Gasteiger partial charge in [-0.15, -0.1) is 0 Å². The Labute approximate surface area is 59.1 Å². The van der Waals surface area contributed by atoms with Crippen molar-refractivity contribution >= 4 is 10.9 Å². The molecule has 2 heteroatoms. The van der Waals surface area contributed by atoms with Crippen LogP contribution in [0.3, 0.4) is 0 Å². The number of aryl methyl sites for hydroxylation is 1. The first-order chi connectivity index (χ1) is 4.88. The normalized spacial score (nSPS) is 10.5. The van der Waals surface area contributed by atoms with Crippen LogP contribution in [-0.4, -0.2) is 9.55 Å². The molecular weight excluding hydrogens is 124 g/mol. The van der Waals surface area contributed by atoms with Gasteiger partial charge in [-0.1, -0.05) is 0 Å². The lowest BCUT2D eigenvalue weighted by molar-refractivity contribution is 0.968. The van der Waals surface area contributed by atoms with Crippen LogP contribution in [0.1, 0.15) is 0 Å². The molecule has 0 aliphatic heterocycles. The fourth-order valence-corrected chi connectivity index (χ4v) is 1.06. The zero-order chi connectivity index (χ0) is 6.97. The fraction of sp³-hybridized carbons (Fsp3) is 0.125. The maximum absolute atomic E-state index is 3.89. The summed E-state index contributed by atoms with van der Waals surface area (Å²) in [6, 6.07) is 3.98. The summed E-state index contributed by atoms with van der Waals surface area (Å²) in [5, 5.41) is 1.07. The van der Waals surface area contributed by atoms with Gasteiger partial charge in [0.2, 0.25) is 0 Å². The minimum atomic E-state index is 1.07. The molecule has 2 heterocycles. The first kappa shape index (κ1) is 5.47. The van der Waals surface area contributed by atoms with Crippen molar-refractivity contribution in [1.82, 2.24) is 9.55 Å². The monoisotopic (exact) mass is 131 g/mol. The van der Waals surface area contributed by atoms with Gasteiger partial charge in [0.15, 0.2) is 0 Å². The average molecular weight is 131 g/mol. The highest BCUT2D eigenvalue weighted by Crippen LogP contribution is 2.10. The molecule has 2 nitrogen and oxygen atoms in total. The van der Waals surface area contributed by atoms with Crippen molar-refractivity contribution in [2.24, 2.45) is 7.05 Å². The van der Waals surface area contributed by atoms with E-state index < -0.39 is 0 Å². The van der Waals surface area contributed by atoms with Crippen molar-refractivity contribution in [3.8, 4) is 0 Å². The zero-order valence-electron chi connectivity index (χ0n) is 5.70. The van der Waals surface area contributed by atoms with Crippen LogP contribution in [0.25, 0.3) is 10.9 Å². The summed E-state index contributed by atoms with van der Waals surface area (Å²) >= 11 is 0. The lowest BCUT2D eigenvalue weighted by atomic mass is 10.3. The van der Waals surface area contributed by atoms with Crippen molar-refractivity contribution in [3.05, 3.63) is 30.7 Å². The first-order valence-electron chi connectivity index (χ1n) is 3.15. The smallest absolute Gasteiger partial charge is 0.0986 e. The molecule has 49 valence electrons. The molecule has 0 unspecified atom stereocenters. The summed E-state index contributed by atoms with van der Waals surface area (Å²) in [7, 11) is 2.01. The Kier molecular flexibility index (Phi) is 1.01. The van der Waals surface area contributed by atoms with Crippen LogP contribution in [0.2, 0.25) is 0 Å². The third-order valence-electron chi connectivity index (χ3n) is 1.61. The lowest BCUT2D eigenvalue weighted by Crippen LogP contribution is -1.82. The molecule has 0 atom stereocenters. The zero-order valence-corrected chi connectivity index (χ0v) is 5.70. The van der Waals surface area contributed by atoms with E-state index in [2.05, 4.69) is 11.2 Å². The van der Waals surface area contributed by atoms with Crippen molar-refractivity contribution in [3.63, 3.8) is 0 Å². The Bertz CT molecular complexity index is 349. The predicted molar refractivity (Wildman–Crippen MR) is 39.6 cm³/mol. The van der Waals surface area contributed by atoms with E-state index in [-0.39, 0.29) is 0 Å². The second-order valence-corrected chi connectivity index (χ2v) is 2.28. The van der Waals surface area contributed by atoms with Crippen LogP contribution >= 0.6 is 0 Å². The molecule has 0 amide bonds. The Morgan fingerprint density at radius 3 is 3.20 bits per heavy atom. The molecule has 0 aliphatic carbocycles. The lowest BCUT2D eigenvalue weighted by Gasteiger charge is -1.91. The van der Waals surface area contributed by atoms with Crippen molar-refractivity contribution in [1.29, 1.82) is 0 Å². The fourth-order valence-electron chi connectivity index (χ4n) is 1.06. The molecule has 0 bridgehead atoms. The number of hydrogen-bond donors (Lipinski definition) is 0. The Morgan fingerprint density at radius 2 is 2.40 bits per heavy atom. The molecule has 0 saturated carbocycles. The standard InChI is InChI=1S/C8H7N2/c1-10-5-3-7-6-9-4-2-8(7)10/h2-5H,1H3. The highest BCUT2D eigenvalue weighted by molar-refractivity contribution is 5.77. The number of hydrogen-bond acceptors (Lipinski definition) is 1. The van der Waals surface area contributed by atoms with Gasteiger partial charge in [-0.05, 0) is 12.1 Å². The van der Waals surface area contributed by atoms with Crippen LogP contribution in [0.15, 0.2) is 24.5 Å². The van der Waals surface area contributed by atoms with Gasteiger partial charge in [-0.25, -0.2) is 0 Å². The van der Waals surface area contributed by atoms with Gasteiger partial charge in [-0.3, -0.25) is 4.98 Å². The van der Waals surface area contributed by atoms with Gasteiger partial charge < -0.3 is 4.57 Å². The Morgan fingerprint density at radius 1 is 1.50 bits per heavy atom. The largest absolute Gasteiger partial charge is 0.350 e. The summed E-state index contributed by atoms with van der Waals surface area (Å²) in [4.78, 5) is 3.89. The molecular formula is C8H7N2. The van der Waals surface area contributed by atoms with Gasteiger partial charge in [0.25, 0.3) is 0 Å². The van der Waals surface area contributed by atoms with Crippen molar-refractivity contribution in [2.45, 2.75) is 0 Å². The summed E-state index contributed by atoms with van der Waals surface area (Å²) in [5.74, 6) is 0. The molecule has 2 aromatic rings. The van der Waals surface area contributed by atoms with Crippen LogP contribution in [0, 0.1) is 6.20 Å². The minimum absolute atomic E-state index is 1.07. The van der Waals surface area contributed by atoms with Gasteiger partial charge in [0, 0.05) is 24.8 Å². The van der Waals surface area contributed by atoms with Gasteiger partial charge >= 0.3 is 0 Å². The van der Waals surface area contributed by atoms with Crippen molar-refractivity contribution in [2.75, 3.05) is 0 Å². The second-order valence-electron chi connectivity index (χ2n) is 2.28. The maximum atomic E-state index is 3.89. The number of pyridine rings is 1. The van der Waals surface area contributed by atoms with E-state index in [0.717, 1.165) is 5.39 Å². The van der Waals surface area contributed by atoms with E-state index in [9.17, 15) is 0 Å². The number of nitrogens with zero attached hydrogens (tertiary/aromatic N) is 2. The molecule has 0 spiro atoms. The van der Waals surface area contributed by atoms with E-state index in [0.29, 0.717) is 0 Å². The molecule has 1 radical (unpaired) electrons. The van der Waals surface area contributed by atoms with Gasteiger partial charge in [0.1, 0.15) is 0 Å². The second kappa shape index (κ2) is 1.84. The minimum Gasteiger partial charge on any atom is -0.350 e. The average Bonchev–Trinajstić information content (AvgIpc) is 2.34.